The fourth-order valence-electron chi connectivity index (χ4n) is 3.47. The minimum Gasteiger partial charge on any atom is -0.497 e. The molecule has 1 saturated heterocycles. The molecule has 7 heteroatoms. The number of rotatable bonds is 6. The van der Waals surface area contributed by atoms with E-state index in [-0.39, 0.29) is 17.8 Å². The predicted molar refractivity (Wildman–Crippen MR) is 106 cm³/mol. The lowest BCUT2D eigenvalue weighted by molar-refractivity contribution is -0.139. The van der Waals surface area contributed by atoms with E-state index in [1.54, 1.807) is 19.2 Å². The third-order valence-corrected chi connectivity index (χ3v) is 5.31. The minimum atomic E-state index is -0.716. The van der Waals surface area contributed by atoms with Crippen molar-refractivity contribution in [2.45, 2.75) is 24.8 Å². The van der Waals surface area contributed by atoms with Gasteiger partial charge in [0.05, 0.1) is 7.11 Å². The van der Waals surface area contributed by atoms with Gasteiger partial charge in [0.2, 0.25) is 0 Å². The van der Waals surface area contributed by atoms with E-state index >= 15 is 0 Å². The number of methoxy groups -OCH3 is 1. The van der Waals surface area contributed by atoms with Crippen LogP contribution in [0.1, 0.15) is 24.0 Å². The predicted octanol–water partition coefficient (Wildman–Crippen LogP) is 2.32. The van der Waals surface area contributed by atoms with Gasteiger partial charge in [-0.05, 0) is 48.2 Å². The maximum absolute atomic E-state index is 12.9. The van der Waals surface area contributed by atoms with Gasteiger partial charge in [-0.15, -0.1) is 0 Å². The zero-order valence-electron chi connectivity index (χ0n) is 16.4. The van der Waals surface area contributed by atoms with E-state index in [1.807, 2.05) is 24.3 Å². The average molecular weight is 400 g/mol. The lowest BCUT2D eigenvalue weighted by Crippen LogP contribution is -2.48. The fourth-order valence-corrected chi connectivity index (χ4v) is 3.47. The zero-order chi connectivity index (χ0) is 20.7. The molecular weight excluding hydrogens is 375 g/mol. The maximum atomic E-state index is 12.9. The number of halogens is 1. The molecule has 0 unspecified atom stereocenters. The Morgan fingerprint density at radius 2 is 1.62 bits per heavy atom. The summed E-state index contributed by atoms with van der Waals surface area (Å²) in [6.07, 6.45) is 1.49. The van der Waals surface area contributed by atoms with E-state index in [9.17, 15) is 14.0 Å². The van der Waals surface area contributed by atoms with E-state index in [4.69, 9.17) is 9.47 Å². The van der Waals surface area contributed by atoms with Crippen molar-refractivity contribution in [3.8, 4) is 5.75 Å². The van der Waals surface area contributed by atoms with Crippen molar-refractivity contribution in [1.82, 2.24) is 10.6 Å². The van der Waals surface area contributed by atoms with Crippen molar-refractivity contribution in [1.29, 1.82) is 0 Å². The van der Waals surface area contributed by atoms with E-state index < -0.39 is 11.8 Å². The highest BCUT2D eigenvalue weighted by molar-refractivity contribution is 6.35. The molecule has 1 heterocycles. The van der Waals surface area contributed by atoms with Crippen LogP contribution in [-0.4, -0.2) is 38.7 Å². The lowest BCUT2D eigenvalue weighted by atomic mass is 9.74. The van der Waals surface area contributed by atoms with Crippen LogP contribution in [0.25, 0.3) is 0 Å². The molecule has 2 aromatic carbocycles. The van der Waals surface area contributed by atoms with Gasteiger partial charge < -0.3 is 20.1 Å². The van der Waals surface area contributed by atoms with Crippen molar-refractivity contribution in [2.24, 2.45) is 0 Å². The Labute approximate surface area is 169 Å². The van der Waals surface area contributed by atoms with Gasteiger partial charge in [-0.3, -0.25) is 9.59 Å². The molecule has 29 heavy (non-hydrogen) atoms. The lowest BCUT2D eigenvalue weighted by Gasteiger charge is -2.38. The molecule has 3 rings (SSSR count). The van der Waals surface area contributed by atoms with Crippen molar-refractivity contribution >= 4 is 11.8 Å². The first kappa shape index (κ1) is 20.8. The number of carbonyl (C=O) groups is 2. The summed E-state index contributed by atoms with van der Waals surface area (Å²) in [5.41, 5.74) is 1.50. The number of hydrogen-bond acceptors (Lipinski definition) is 4. The second-order valence-electron chi connectivity index (χ2n) is 7.11. The van der Waals surface area contributed by atoms with Gasteiger partial charge in [-0.2, -0.15) is 0 Å². The quantitative estimate of drug-likeness (QED) is 0.730. The second kappa shape index (κ2) is 9.52. The van der Waals surface area contributed by atoms with Gasteiger partial charge in [0.15, 0.2) is 0 Å². The molecule has 0 bridgehead atoms. The van der Waals surface area contributed by atoms with Crippen LogP contribution in [0.3, 0.4) is 0 Å². The smallest absolute Gasteiger partial charge is 0.309 e. The monoisotopic (exact) mass is 400 g/mol. The standard InChI is InChI=1S/C22H25FN2O4/c1-28-19-8-4-17(5-9-19)22(10-12-29-13-11-22)15-25-21(27)20(26)24-14-16-2-6-18(23)7-3-16/h2-9H,10-15H2,1H3,(H,24,26)(H,25,27). The first-order valence-corrected chi connectivity index (χ1v) is 9.55. The van der Waals surface area contributed by atoms with Gasteiger partial charge in [-0.25, -0.2) is 4.39 Å². The molecule has 154 valence electrons. The van der Waals surface area contributed by atoms with Gasteiger partial charge in [0.25, 0.3) is 0 Å². The first-order chi connectivity index (χ1) is 14.0. The Morgan fingerprint density at radius 3 is 2.24 bits per heavy atom. The summed E-state index contributed by atoms with van der Waals surface area (Å²) in [6.45, 7) is 1.69. The molecule has 0 radical (unpaired) electrons. The minimum absolute atomic E-state index is 0.157. The van der Waals surface area contributed by atoms with Gasteiger partial charge in [-0.1, -0.05) is 24.3 Å². The summed E-state index contributed by atoms with van der Waals surface area (Å²) in [5, 5.41) is 5.33. The van der Waals surface area contributed by atoms with Crippen LogP contribution in [0.5, 0.6) is 5.75 Å². The van der Waals surface area contributed by atoms with Crippen LogP contribution in [0.2, 0.25) is 0 Å². The van der Waals surface area contributed by atoms with Crippen molar-refractivity contribution in [3.63, 3.8) is 0 Å². The van der Waals surface area contributed by atoms with E-state index in [0.717, 1.165) is 24.2 Å². The molecule has 2 amide bonds. The maximum Gasteiger partial charge on any atom is 0.309 e. The van der Waals surface area contributed by atoms with Crippen LogP contribution in [-0.2, 0) is 26.3 Å². The number of carbonyl (C=O) groups excluding carboxylic acids is 2. The number of nitrogens with one attached hydrogen (secondary N) is 2. The molecule has 2 aromatic rings. The topological polar surface area (TPSA) is 76.7 Å². The van der Waals surface area contributed by atoms with Gasteiger partial charge >= 0.3 is 11.8 Å². The highest BCUT2D eigenvalue weighted by atomic mass is 19.1. The van der Waals surface area contributed by atoms with Gasteiger partial charge in [0, 0.05) is 31.7 Å². The molecule has 0 aromatic heterocycles. The molecule has 2 N–H and O–H groups in total. The first-order valence-electron chi connectivity index (χ1n) is 9.55. The Morgan fingerprint density at radius 1 is 1.00 bits per heavy atom. The molecule has 1 aliphatic rings. The van der Waals surface area contributed by atoms with E-state index in [1.165, 1.54) is 12.1 Å². The number of ether oxygens (including phenoxy) is 2. The van der Waals surface area contributed by atoms with Crippen LogP contribution in [0, 0.1) is 5.82 Å². The fraction of sp³-hybridized carbons (Fsp3) is 0.364. The normalized spacial score (nSPS) is 15.4. The summed E-state index contributed by atoms with van der Waals surface area (Å²) in [6, 6.07) is 13.5. The van der Waals surface area contributed by atoms with Gasteiger partial charge in [0.1, 0.15) is 11.6 Å². The highest BCUT2D eigenvalue weighted by Crippen LogP contribution is 2.35. The summed E-state index contributed by atoms with van der Waals surface area (Å²) >= 11 is 0. The highest BCUT2D eigenvalue weighted by Gasteiger charge is 2.35. The summed E-state index contributed by atoms with van der Waals surface area (Å²) in [4.78, 5) is 24.4. The molecule has 0 aliphatic carbocycles. The van der Waals surface area contributed by atoms with Crippen LogP contribution >= 0.6 is 0 Å². The van der Waals surface area contributed by atoms with Crippen LogP contribution < -0.4 is 15.4 Å². The van der Waals surface area contributed by atoms with Crippen molar-refractivity contribution in [2.75, 3.05) is 26.9 Å². The third-order valence-electron chi connectivity index (χ3n) is 5.31. The van der Waals surface area contributed by atoms with E-state index in [2.05, 4.69) is 10.6 Å². The Balaban J connectivity index is 1.60. The largest absolute Gasteiger partial charge is 0.497 e. The van der Waals surface area contributed by atoms with Crippen molar-refractivity contribution in [3.05, 3.63) is 65.5 Å². The molecule has 1 aliphatic heterocycles. The second-order valence-corrected chi connectivity index (χ2v) is 7.11. The molecule has 0 spiro atoms. The van der Waals surface area contributed by atoms with Crippen molar-refractivity contribution < 1.29 is 23.5 Å². The number of hydrogen-bond donors (Lipinski definition) is 2. The van der Waals surface area contributed by atoms with Crippen LogP contribution in [0.15, 0.2) is 48.5 Å². The molecule has 1 fully saturated rings. The average Bonchev–Trinajstić information content (AvgIpc) is 2.77. The van der Waals surface area contributed by atoms with E-state index in [0.29, 0.717) is 25.3 Å². The third kappa shape index (κ3) is 5.32. The number of benzene rings is 2. The summed E-state index contributed by atoms with van der Waals surface area (Å²) in [7, 11) is 1.62. The molecule has 6 nitrogen and oxygen atoms in total. The number of amides is 2. The Hall–Kier alpha value is -2.93. The van der Waals surface area contributed by atoms with Crippen LogP contribution in [0.4, 0.5) is 4.39 Å². The Bertz CT molecular complexity index is 831. The SMILES string of the molecule is COc1ccc(C2(CNC(=O)C(=O)NCc3ccc(F)cc3)CCOCC2)cc1. The summed E-state index contributed by atoms with van der Waals surface area (Å²) in [5.74, 6) is -0.990. The molecule has 0 atom stereocenters. The Kier molecular flexibility index (Phi) is 6.82. The molecular formula is C22H25FN2O4. The summed E-state index contributed by atoms with van der Waals surface area (Å²) < 4.78 is 23.7. The zero-order valence-corrected chi connectivity index (χ0v) is 16.4. The molecule has 0 saturated carbocycles.